The second-order valence-electron chi connectivity index (χ2n) is 10.5. The molecular weight excluding hydrogens is 430 g/mol. The number of unbranched alkanes of at least 4 members (excludes halogenated alkanes) is 1. The smallest absolute Gasteiger partial charge is 0.338 e. The minimum Gasteiger partial charge on any atom is -0.462 e. The molecule has 0 aromatic heterocycles. The van der Waals surface area contributed by atoms with Crippen LogP contribution in [0.2, 0.25) is 0 Å². The lowest BCUT2D eigenvalue weighted by Crippen LogP contribution is -2.28. The summed E-state index contributed by atoms with van der Waals surface area (Å²) in [7, 11) is 0. The molecule has 35 heavy (non-hydrogen) atoms. The molecule has 1 heterocycles. The van der Waals surface area contributed by atoms with E-state index < -0.39 is 0 Å². The molecule has 2 aromatic carbocycles. The van der Waals surface area contributed by atoms with Gasteiger partial charge in [-0.25, -0.2) is 4.79 Å². The predicted molar refractivity (Wildman–Crippen MR) is 148 cm³/mol. The normalized spacial score (nSPS) is 16.4. The van der Waals surface area contributed by atoms with E-state index in [0.717, 1.165) is 30.7 Å². The zero-order valence-corrected chi connectivity index (χ0v) is 22.6. The highest BCUT2D eigenvalue weighted by atomic mass is 16.5. The number of ether oxygens (including phenoxy) is 1. The van der Waals surface area contributed by atoms with Gasteiger partial charge in [-0.3, -0.25) is 0 Å². The number of fused-ring (bicyclic) bond motifs is 1. The highest BCUT2D eigenvalue weighted by Gasteiger charge is 2.40. The van der Waals surface area contributed by atoms with Gasteiger partial charge < -0.3 is 9.64 Å². The lowest BCUT2D eigenvalue weighted by molar-refractivity contribution is -0.138. The zero-order chi connectivity index (χ0) is 25.8. The van der Waals surface area contributed by atoms with Crippen LogP contribution in [0.4, 0.5) is 5.69 Å². The van der Waals surface area contributed by atoms with E-state index in [1.54, 1.807) is 0 Å². The number of esters is 1. The van der Waals surface area contributed by atoms with Crippen LogP contribution >= 0.6 is 0 Å². The summed E-state index contributed by atoms with van der Waals surface area (Å²) in [6.45, 7) is 20.6. The lowest BCUT2D eigenvalue weighted by Gasteiger charge is -2.29. The number of para-hydroxylation sites is 1. The first kappa shape index (κ1) is 26.5. The molecule has 1 aliphatic rings. The van der Waals surface area contributed by atoms with Crippen LogP contribution in [0, 0.1) is 6.92 Å². The van der Waals surface area contributed by atoms with Crippen molar-refractivity contribution >= 4 is 11.7 Å². The molecule has 0 unspecified atom stereocenters. The van der Waals surface area contributed by atoms with Crippen molar-refractivity contribution in [1.29, 1.82) is 0 Å². The number of carbonyl (C=O) groups is 1. The summed E-state index contributed by atoms with van der Waals surface area (Å²) in [5.41, 5.74) is 6.88. The van der Waals surface area contributed by atoms with E-state index in [0.29, 0.717) is 12.2 Å². The quantitative estimate of drug-likeness (QED) is 0.212. The Morgan fingerprint density at radius 1 is 1.09 bits per heavy atom. The Morgan fingerprint density at radius 2 is 1.74 bits per heavy atom. The number of hydrogen-bond acceptors (Lipinski definition) is 3. The van der Waals surface area contributed by atoms with Gasteiger partial charge in [-0.1, -0.05) is 90.1 Å². The molecular formula is C32H41NO2. The fourth-order valence-corrected chi connectivity index (χ4v) is 4.99. The predicted octanol–water partition coefficient (Wildman–Crippen LogP) is 7.80. The van der Waals surface area contributed by atoms with Gasteiger partial charge in [0.1, 0.15) is 0 Å². The van der Waals surface area contributed by atoms with Crippen LogP contribution in [-0.2, 0) is 20.4 Å². The maximum Gasteiger partial charge on any atom is 0.338 e. The summed E-state index contributed by atoms with van der Waals surface area (Å²) in [6.07, 6.45) is 6.14. The second-order valence-corrected chi connectivity index (χ2v) is 10.5. The van der Waals surface area contributed by atoms with Crippen LogP contribution in [0.25, 0.3) is 0 Å². The lowest BCUT2D eigenvalue weighted by atomic mass is 9.75. The van der Waals surface area contributed by atoms with Crippen LogP contribution in [0.3, 0.4) is 0 Å². The van der Waals surface area contributed by atoms with Gasteiger partial charge in [-0.15, -0.1) is 0 Å². The number of aryl methyl sites for hydroxylation is 1. The van der Waals surface area contributed by atoms with Crippen molar-refractivity contribution in [1.82, 2.24) is 0 Å². The molecule has 0 saturated heterocycles. The Balaban J connectivity index is 2.13. The number of rotatable bonds is 9. The summed E-state index contributed by atoms with van der Waals surface area (Å²) in [5.74, 6) is -0.316. The molecule has 0 radical (unpaired) electrons. The van der Waals surface area contributed by atoms with Crippen molar-refractivity contribution in [3.63, 3.8) is 0 Å². The van der Waals surface area contributed by atoms with Crippen molar-refractivity contribution in [2.75, 3.05) is 18.1 Å². The van der Waals surface area contributed by atoms with Gasteiger partial charge in [0.2, 0.25) is 0 Å². The minimum atomic E-state index is -0.336. The summed E-state index contributed by atoms with van der Waals surface area (Å²) >= 11 is 0. The monoisotopic (exact) mass is 471 g/mol. The van der Waals surface area contributed by atoms with E-state index in [9.17, 15) is 4.79 Å². The van der Waals surface area contributed by atoms with Crippen LogP contribution in [0.1, 0.15) is 71.1 Å². The molecule has 2 aromatic rings. The molecule has 0 N–H and O–H groups in total. The fraction of sp³-hybridized carbons (Fsp3) is 0.406. The van der Waals surface area contributed by atoms with E-state index in [1.165, 1.54) is 22.4 Å². The third-order valence-electron chi connectivity index (χ3n) is 7.29. The Kier molecular flexibility index (Phi) is 8.10. The first-order valence-electron chi connectivity index (χ1n) is 12.8. The van der Waals surface area contributed by atoms with Crippen molar-refractivity contribution in [3.8, 4) is 0 Å². The molecule has 0 bridgehead atoms. The number of nitrogens with zero attached hydrogens (tertiary/aromatic N) is 1. The third kappa shape index (κ3) is 5.29. The molecule has 186 valence electrons. The largest absolute Gasteiger partial charge is 0.462 e. The Labute approximate surface area is 212 Å². The first-order valence-corrected chi connectivity index (χ1v) is 12.8. The topological polar surface area (TPSA) is 29.5 Å². The standard InChI is InChI=1S/C32H41NO2/c1-9-11-20-33-28-19-15-14-18-27(28)32(7,8)29(33)22-25(30(34)35-10-2)21-24(4)31(5,6)26-17-13-12-16-23(26)3/h12-19,21-22H,4,9-11,20H2,1-3,5-8H3/b25-21-,29-22+. The maximum absolute atomic E-state index is 13.2. The van der Waals surface area contributed by atoms with Gasteiger partial charge in [-0.2, -0.15) is 0 Å². The van der Waals surface area contributed by atoms with E-state index >= 15 is 0 Å². The summed E-state index contributed by atoms with van der Waals surface area (Å²) < 4.78 is 5.51. The van der Waals surface area contributed by atoms with Crippen molar-refractivity contribution < 1.29 is 9.53 Å². The zero-order valence-electron chi connectivity index (χ0n) is 22.6. The van der Waals surface area contributed by atoms with Crippen LogP contribution in [0.15, 0.2) is 84.1 Å². The molecule has 0 fully saturated rings. The molecule has 3 nitrogen and oxygen atoms in total. The molecule has 0 atom stereocenters. The fourth-order valence-electron chi connectivity index (χ4n) is 4.99. The number of benzene rings is 2. The second kappa shape index (κ2) is 10.7. The highest BCUT2D eigenvalue weighted by molar-refractivity contribution is 5.93. The van der Waals surface area contributed by atoms with Crippen molar-refractivity contribution in [3.05, 3.63) is 101 Å². The van der Waals surface area contributed by atoms with E-state index in [2.05, 4.69) is 95.5 Å². The van der Waals surface area contributed by atoms with Crippen molar-refractivity contribution in [2.45, 2.75) is 72.1 Å². The van der Waals surface area contributed by atoms with E-state index in [-0.39, 0.29) is 16.8 Å². The Morgan fingerprint density at radius 3 is 2.40 bits per heavy atom. The molecule has 1 aliphatic heterocycles. The average molecular weight is 472 g/mol. The maximum atomic E-state index is 13.2. The number of allylic oxidation sites excluding steroid dienone is 3. The summed E-state index contributed by atoms with van der Waals surface area (Å²) in [4.78, 5) is 15.6. The first-order chi connectivity index (χ1) is 16.6. The third-order valence-corrected chi connectivity index (χ3v) is 7.29. The van der Waals surface area contributed by atoms with Gasteiger partial charge in [0, 0.05) is 28.8 Å². The molecule has 3 heteroatoms. The summed E-state index contributed by atoms with van der Waals surface area (Å²) in [5, 5.41) is 0. The average Bonchev–Trinajstić information content (AvgIpc) is 3.03. The van der Waals surface area contributed by atoms with E-state index in [4.69, 9.17) is 4.74 Å². The molecule has 0 aliphatic carbocycles. The van der Waals surface area contributed by atoms with Crippen molar-refractivity contribution in [2.24, 2.45) is 0 Å². The summed E-state index contributed by atoms with van der Waals surface area (Å²) in [6, 6.07) is 16.9. The SMILES string of the molecule is C=C(/C=C(/C=C1/N(CCCC)c2ccccc2C1(C)C)C(=O)OCC)C(C)(C)c1ccccc1C. The Bertz CT molecular complexity index is 1150. The van der Waals surface area contributed by atoms with Gasteiger partial charge in [-0.05, 0) is 60.8 Å². The molecule has 3 rings (SSSR count). The Hall–Kier alpha value is -3.07. The van der Waals surface area contributed by atoms with Crippen LogP contribution in [0.5, 0.6) is 0 Å². The number of hydrogen-bond donors (Lipinski definition) is 0. The minimum absolute atomic E-state index is 0.233. The van der Waals surface area contributed by atoms with Crippen LogP contribution < -0.4 is 4.90 Å². The van der Waals surface area contributed by atoms with Gasteiger partial charge in [0.15, 0.2) is 0 Å². The molecule has 0 spiro atoms. The van der Waals surface area contributed by atoms with Crippen LogP contribution in [-0.4, -0.2) is 19.1 Å². The van der Waals surface area contributed by atoms with E-state index in [1.807, 2.05) is 25.1 Å². The number of carbonyl (C=O) groups excluding carboxylic acids is 1. The highest BCUT2D eigenvalue weighted by Crippen LogP contribution is 2.48. The number of anilines is 1. The van der Waals surface area contributed by atoms with Gasteiger partial charge >= 0.3 is 5.97 Å². The molecule has 0 saturated carbocycles. The molecule has 0 amide bonds. The van der Waals surface area contributed by atoms with Gasteiger partial charge in [0.05, 0.1) is 12.2 Å². The van der Waals surface area contributed by atoms with Gasteiger partial charge in [0.25, 0.3) is 0 Å².